The molecule has 5 heteroatoms. The zero-order chi connectivity index (χ0) is 15.8. The molecule has 2 aromatic heterocycles. The van der Waals surface area contributed by atoms with Crippen molar-refractivity contribution in [2.24, 2.45) is 5.92 Å². The molecule has 1 saturated carbocycles. The minimum atomic E-state index is 0.119. The Labute approximate surface area is 136 Å². The van der Waals surface area contributed by atoms with E-state index in [4.69, 9.17) is 4.42 Å². The van der Waals surface area contributed by atoms with E-state index in [1.165, 1.54) is 0 Å². The molecule has 0 bridgehead atoms. The predicted octanol–water partition coefficient (Wildman–Crippen LogP) is 3.01. The third kappa shape index (κ3) is 2.69. The van der Waals surface area contributed by atoms with Gasteiger partial charge in [-0.15, -0.1) is 0 Å². The number of likely N-dealkylation sites (tertiary alicyclic amines) is 1. The van der Waals surface area contributed by atoms with Crippen LogP contribution < -0.4 is 0 Å². The van der Waals surface area contributed by atoms with Crippen LogP contribution in [0.1, 0.15) is 49.7 Å². The monoisotopic (exact) mass is 313 g/mol. The molecular formula is C18H23N3O2. The number of amides is 1. The van der Waals surface area contributed by atoms with Crippen LogP contribution in [0.2, 0.25) is 0 Å². The molecule has 122 valence electrons. The molecule has 0 aromatic carbocycles. The number of aryl methyl sites for hydroxylation is 1. The van der Waals surface area contributed by atoms with Gasteiger partial charge in [0.2, 0.25) is 5.91 Å². The number of furan rings is 1. The van der Waals surface area contributed by atoms with Gasteiger partial charge in [-0.2, -0.15) is 0 Å². The second-order valence-corrected chi connectivity index (χ2v) is 6.65. The maximum absolute atomic E-state index is 12.8. The number of aromatic nitrogens is 2. The van der Waals surface area contributed by atoms with E-state index in [9.17, 15) is 4.79 Å². The molecule has 2 aliphatic rings. The van der Waals surface area contributed by atoms with E-state index < -0.39 is 0 Å². The lowest BCUT2D eigenvalue weighted by Gasteiger charge is -2.34. The van der Waals surface area contributed by atoms with Crippen LogP contribution in [0.15, 0.2) is 35.2 Å². The van der Waals surface area contributed by atoms with E-state index in [1.807, 2.05) is 18.3 Å². The minimum Gasteiger partial charge on any atom is -0.469 e. The van der Waals surface area contributed by atoms with E-state index >= 15 is 0 Å². The number of hydrogen-bond donors (Lipinski definition) is 0. The summed E-state index contributed by atoms with van der Waals surface area (Å²) in [5, 5.41) is 0. The summed E-state index contributed by atoms with van der Waals surface area (Å²) in [7, 11) is 0. The molecule has 1 amide bonds. The maximum Gasteiger partial charge on any atom is 0.226 e. The molecule has 1 saturated heterocycles. The smallest absolute Gasteiger partial charge is 0.226 e. The number of imidazole rings is 1. The van der Waals surface area contributed by atoms with Crippen molar-refractivity contribution in [3.63, 3.8) is 0 Å². The molecule has 0 N–H and O–H groups in total. The summed E-state index contributed by atoms with van der Waals surface area (Å²) in [5.41, 5.74) is 0. The van der Waals surface area contributed by atoms with Crippen molar-refractivity contribution in [1.82, 2.24) is 14.5 Å². The third-order valence-electron chi connectivity index (χ3n) is 5.18. The lowest BCUT2D eigenvalue weighted by atomic mass is 10.0. The van der Waals surface area contributed by atoms with Gasteiger partial charge in [0, 0.05) is 43.7 Å². The lowest BCUT2D eigenvalue weighted by Crippen LogP contribution is -2.41. The van der Waals surface area contributed by atoms with Gasteiger partial charge in [-0.1, -0.05) is 6.92 Å². The molecule has 3 unspecified atom stereocenters. The van der Waals surface area contributed by atoms with Crippen molar-refractivity contribution >= 4 is 5.91 Å². The highest BCUT2D eigenvalue weighted by Gasteiger charge is 2.48. The summed E-state index contributed by atoms with van der Waals surface area (Å²) < 4.78 is 7.71. The van der Waals surface area contributed by atoms with Gasteiger partial charge in [0.15, 0.2) is 0 Å². The topological polar surface area (TPSA) is 51.3 Å². The summed E-state index contributed by atoms with van der Waals surface area (Å²) in [6.07, 6.45) is 9.67. The van der Waals surface area contributed by atoms with Crippen LogP contribution in [0.3, 0.4) is 0 Å². The van der Waals surface area contributed by atoms with Crippen molar-refractivity contribution in [3.8, 4) is 0 Å². The fraction of sp³-hybridized carbons (Fsp3) is 0.556. The highest BCUT2D eigenvalue weighted by Crippen LogP contribution is 2.49. The van der Waals surface area contributed by atoms with E-state index in [0.717, 1.165) is 50.4 Å². The molecule has 2 aromatic rings. The van der Waals surface area contributed by atoms with Gasteiger partial charge < -0.3 is 13.9 Å². The summed E-state index contributed by atoms with van der Waals surface area (Å²) in [5.74, 6) is 2.78. The molecule has 4 rings (SSSR count). The summed E-state index contributed by atoms with van der Waals surface area (Å²) in [4.78, 5) is 19.3. The molecule has 0 spiro atoms. The largest absolute Gasteiger partial charge is 0.469 e. The molecular weight excluding hydrogens is 290 g/mol. The Morgan fingerprint density at radius 3 is 3.17 bits per heavy atom. The van der Waals surface area contributed by atoms with Crippen LogP contribution in [0.5, 0.6) is 0 Å². The standard InChI is InChI=1S/C18H23N3O2/c1-2-17-19-7-9-21(17)13-5-3-8-20(12-13)18(22)15-11-14(15)16-6-4-10-23-16/h4,6-7,9-10,13-15H,2-3,5,8,11-12H2,1H3. The number of piperidine rings is 1. The van der Waals surface area contributed by atoms with E-state index in [-0.39, 0.29) is 11.8 Å². The number of carbonyl (C=O) groups is 1. The first kappa shape index (κ1) is 14.5. The highest BCUT2D eigenvalue weighted by atomic mass is 16.3. The quantitative estimate of drug-likeness (QED) is 0.872. The van der Waals surface area contributed by atoms with Crippen molar-refractivity contribution in [1.29, 1.82) is 0 Å². The summed E-state index contributed by atoms with van der Waals surface area (Å²) >= 11 is 0. The van der Waals surface area contributed by atoms with Crippen molar-refractivity contribution in [2.75, 3.05) is 13.1 Å². The third-order valence-corrected chi connectivity index (χ3v) is 5.18. The van der Waals surface area contributed by atoms with Crippen molar-refractivity contribution in [3.05, 3.63) is 42.4 Å². The Morgan fingerprint density at radius 1 is 1.48 bits per heavy atom. The lowest BCUT2D eigenvalue weighted by molar-refractivity contribution is -0.134. The van der Waals surface area contributed by atoms with E-state index in [2.05, 4.69) is 27.6 Å². The molecule has 3 heterocycles. The van der Waals surface area contributed by atoms with Gasteiger partial charge in [0.1, 0.15) is 11.6 Å². The Kier molecular flexibility index (Phi) is 3.71. The van der Waals surface area contributed by atoms with Crippen LogP contribution in [0.25, 0.3) is 0 Å². The Hall–Kier alpha value is -2.04. The highest BCUT2D eigenvalue weighted by molar-refractivity contribution is 5.83. The van der Waals surface area contributed by atoms with Gasteiger partial charge in [0.25, 0.3) is 0 Å². The van der Waals surface area contributed by atoms with E-state index in [1.54, 1.807) is 6.26 Å². The average molecular weight is 313 g/mol. The maximum atomic E-state index is 12.8. The first-order chi connectivity index (χ1) is 11.3. The number of hydrogen-bond acceptors (Lipinski definition) is 3. The SMILES string of the molecule is CCc1nccn1C1CCCN(C(=O)C2CC2c2ccco2)C1. The normalized spacial score (nSPS) is 27.2. The molecule has 2 fully saturated rings. The number of carbonyl (C=O) groups excluding carboxylic acids is 1. The molecule has 0 radical (unpaired) electrons. The van der Waals surface area contributed by atoms with Crippen LogP contribution in [-0.2, 0) is 11.2 Å². The van der Waals surface area contributed by atoms with Gasteiger partial charge in [-0.25, -0.2) is 4.98 Å². The van der Waals surface area contributed by atoms with Crippen molar-refractivity contribution < 1.29 is 9.21 Å². The van der Waals surface area contributed by atoms with Crippen LogP contribution in [0, 0.1) is 5.92 Å². The molecule has 5 nitrogen and oxygen atoms in total. The first-order valence-electron chi connectivity index (χ1n) is 8.61. The average Bonchev–Trinajstić information content (AvgIpc) is 3.03. The van der Waals surface area contributed by atoms with Crippen molar-refractivity contribution in [2.45, 2.75) is 44.6 Å². The Morgan fingerprint density at radius 2 is 2.39 bits per heavy atom. The van der Waals surface area contributed by atoms with Crippen LogP contribution in [-0.4, -0.2) is 33.4 Å². The first-order valence-corrected chi connectivity index (χ1v) is 8.61. The minimum absolute atomic E-state index is 0.119. The number of nitrogens with zero attached hydrogens (tertiary/aromatic N) is 3. The molecule has 23 heavy (non-hydrogen) atoms. The van der Waals surface area contributed by atoms with Gasteiger partial charge in [-0.05, 0) is 31.4 Å². The fourth-order valence-electron chi connectivity index (χ4n) is 3.85. The van der Waals surface area contributed by atoms with Crippen LogP contribution >= 0.6 is 0 Å². The molecule has 1 aliphatic carbocycles. The number of rotatable bonds is 4. The second kappa shape index (κ2) is 5.87. The fourth-order valence-corrected chi connectivity index (χ4v) is 3.85. The Balaban J connectivity index is 1.43. The molecule has 1 aliphatic heterocycles. The van der Waals surface area contributed by atoms with Gasteiger partial charge in [0.05, 0.1) is 12.3 Å². The van der Waals surface area contributed by atoms with Gasteiger partial charge in [-0.3, -0.25) is 4.79 Å². The Bertz CT molecular complexity index is 676. The molecule has 3 atom stereocenters. The predicted molar refractivity (Wildman–Crippen MR) is 86.0 cm³/mol. The summed E-state index contributed by atoms with van der Waals surface area (Å²) in [6, 6.07) is 4.25. The zero-order valence-electron chi connectivity index (χ0n) is 13.5. The van der Waals surface area contributed by atoms with E-state index in [0.29, 0.717) is 11.9 Å². The second-order valence-electron chi connectivity index (χ2n) is 6.65. The zero-order valence-corrected chi connectivity index (χ0v) is 13.5. The summed E-state index contributed by atoms with van der Waals surface area (Å²) in [6.45, 7) is 3.82. The van der Waals surface area contributed by atoms with Crippen LogP contribution in [0.4, 0.5) is 0 Å². The van der Waals surface area contributed by atoms with Gasteiger partial charge >= 0.3 is 0 Å².